The van der Waals surface area contributed by atoms with Crippen molar-refractivity contribution in [2.24, 2.45) is 10.9 Å². The molecule has 0 saturated heterocycles. The SMILES string of the molecule is C=CCN1CC2=C(CCCC2)C[C@@]2(COC(C3CCC(OCCCO)CC3)=N2)C1=O. The molecule has 0 bridgehead atoms. The topological polar surface area (TPSA) is 71.4 Å². The molecule has 0 aromatic carbocycles. The Bertz CT molecular complexity index is 708. The maximum absolute atomic E-state index is 13.6. The fourth-order valence-corrected chi connectivity index (χ4v) is 5.43. The molecule has 1 N–H and O–H groups in total. The van der Waals surface area contributed by atoms with E-state index in [9.17, 15) is 4.79 Å². The zero-order valence-electron chi connectivity index (χ0n) is 18.1. The monoisotopic (exact) mass is 416 g/mol. The van der Waals surface area contributed by atoms with Crippen LogP contribution in [0.5, 0.6) is 0 Å². The van der Waals surface area contributed by atoms with Gasteiger partial charge >= 0.3 is 0 Å². The van der Waals surface area contributed by atoms with Crippen LogP contribution in [-0.4, -0.2) is 66.4 Å². The third kappa shape index (κ3) is 4.50. The molecule has 6 heteroatoms. The lowest BCUT2D eigenvalue weighted by molar-refractivity contribution is -0.136. The molecule has 2 aliphatic heterocycles. The molecular weight excluding hydrogens is 380 g/mol. The molecule has 30 heavy (non-hydrogen) atoms. The first-order valence-electron chi connectivity index (χ1n) is 11.7. The van der Waals surface area contributed by atoms with E-state index in [-0.39, 0.29) is 24.5 Å². The first-order valence-corrected chi connectivity index (χ1v) is 11.7. The van der Waals surface area contributed by atoms with Gasteiger partial charge < -0.3 is 19.5 Å². The standard InChI is InChI=1S/C24H36N2O4/c1-2-12-26-16-20-7-4-3-6-19(20)15-24(23(26)28)17-30-22(25-24)18-8-10-21(11-9-18)29-14-5-13-27/h2,18,21,27H,1,3-17H2/t18?,21?,24-/m1/s1. The first kappa shape index (κ1) is 21.6. The molecule has 166 valence electrons. The average Bonchev–Trinajstić information content (AvgIpc) is 3.15. The Morgan fingerprint density at radius 2 is 2.00 bits per heavy atom. The summed E-state index contributed by atoms with van der Waals surface area (Å²) in [6, 6.07) is 0. The number of carbonyl (C=O) groups is 1. The number of nitrogens with zero attached hydrogens (tertiary/aromatic N) is 2. The molecule has 1 atom stereocenters. The maximum Gasteiger partial charge on any atom is 0.255 e. The number of hydrogen-bond donors (Lipinski definition) is 1. The molecule has 1 saturated carbocycles. The van der Waals surface area contributed by atoms with E-state index in [1.165, 1.54) is 24.0 Å². The van der Waals surface area contributed by atoms with Gasteiger partial charge in [0.2, 0.25) is 0 Å². The van der Waals surface area contributed by atoms with Crippen LogP contribution in [0, 0.1) is 5.92 Å². The van der Waals surface area contributed by atoms with Gasteiger partial charge in [0.15, 0.2) is 11.4 Å². The van der Waals surface area contributed by atoms with E-state index in [0.717, 1.165) is 57.4 Å². The van der Waals surface area contributed by atoms with Gasteiger partial charge in [0.25, 0.3) is 5.91 Å². The molecule has 1 spiro atoms. The Balaban J connectivity index is 1.47. The van der Waals surface area contributed by atoms with E-state index in [0.29, 0.717) is 26.2 Å². The van der Waals surface area contributed by atoms with Crippen molar-refractivity contribution in [3.8, 4) is 0 Å². The summed E-state index contributed by atoms with van der Waals surface area (Å²) < 4.78 is 12.0. The van der Waals surface area contributed by atoms with E-state index in [2.05, 4.69) is 6.58 Å². The largest absolute Gasteiger partial charge is 0.478 e. The number of carbonyl (C=O) groups excluding carboxylic acids is 1. The molecule has 4 rings (SSSR count). The molecule has 2 aliphatic carbocycles. The molecule has 0 aromatic rings. The molecular formula is C24H36N2O4. The highest BCUT2D eigenvalue weighted by atomic mass is 16.5. The van der Waals surface area contributed by atoms with Crippen LogP contribution < -0.4 is 0 Å². The summed E-state index contributed by atoms with van der Waals surface area (Å²) in [5, 5.41) is 8.92. The van der Waals surface area contributed by atoms with Gasteiger partial charge in [0.1, 0.15) is 6.61 Å². The second-order valence-corrected chi connectivity index (χ2v) is 9.26. The lowest BCUT2D eigenvalue weighted by atomic mass is 9.84. The molecule has 1 amide bonds. The predicted octanol–water partition coefficient (Wildman–Crippen LogP) is 3.40. The van der Waals surface area contributed by atoms with Gasteiger partial charge in [-0.2, -0.15) is 0 Å². The lowest BCUT2D eigenvalue weighted by Crippen LogP contribution is -2.48. The first-order chi connectivity index (χ1) is 14.6. The molecule has 0 radical (unpaired) electrons. The van der Waals surface area contributed by atoms with Gasteiger partial charge in [-0.05, 0) is 57.8 Å². The fourth-order valence-electron chi connectivity index (χ4n) is 5.43. The minimum atomic E-state index is -0.777. The Hall–Kier alpha value is -1.66. The van der Waals surface area contributed by atoms with Crippen LogP contribution in [0.1, 0.15) is 64.2 Å². The van der Waals surface area contributed by atoms with Gasteiger partial charge in [-0.25, -0.2) is 4.99 Å². The Kier molecular flexibility index (Phi) is 6.94. The summed E-state index contributed by atoms with van der Waals surface area (Å²) in [7, 11) is 0. The van der Waals surface area contributed by atoms with Crippen LogP contribution in [0.2, 0.25) is 0 Å². The molecule has 1 fully saturated rings. The normalized spacial score (nSPS) is 32.0. The average molecular weight is 417 g/mol. The highest BCUT2D eigenvalue weighted by Crippen LogP contribution is 2.40. The van der Waals surface area contributed by atoms with Crippen LogP contribution in [0.25, 0.3) is 0 Å². The molecule has 6 nitrogen and oxygen atoms in total. The number of ether oxygens (including phenoxy) is 2. The second-order valence-electron chi connectivity index (χ2n) is 9.26. The van der Waals surface area contributed by atoms with E-state index < -0.39 is 5.54 Å². The highest BCUT2D eigenvalue weighted by Gasteiger charge is 2.49. The number of aliphatic hydroxyl groups is 1. The van der Waals surface area contributed by atoms with Gasteiger partial charge in [0, 0.05) is 38.6 Å². The fraction of sp³-hybridized carbons (Fsp3) is 0.750. The van der Waals surface area contributed by atoms with Crippen molar-refractivity contribution in [1.29, 1.82) is 0 Å². The zero-order chi connectivity index (χ0) is 21.0. The Labute approximate surface area is 180 Å². The number of aliphatic imine (C=N–C) groups is 1. The molecule has 0 unspecified atom stereocenters. The highest BCUT2D eigenvalue weighted by molar-refractivity contribution is 5.94. The summed E-state index contributed by atoms with van der Waals surface area (Å²) >= 11 is 0. The van der Waals surface area contributed by atoms with Crippen molar-refractivity contribution in [2.75, 3.05) is 32.9 Å². The summed E-state index contributed by atoms with van der Waals surface area (Å²) in [5.74, 6) is 1.18. The van der Waals surface area contributed by atoms with E-state index in [4.69, 9.17) is 19.6 Å². The van der Waals surface area contributed by atoms with E-state index >= 15 is 0 Å². The van der Waals surface area contributed by atoms with Crippen LogP contribution in [-0.2, 0) is 14.3 Å². The van der Waals surface area contributed by atoms with Gasteiger partial charge in [0.05, 0.1) is 6.10 Å². The third-order valence-electron chi connectivity index (χ3n) is 7.09. The minimum absolute atomic E-state index is 0.104. The number of aliphatic hydroxyl groups excluding tert-OH is 1. The Morgan fingerprint density at radius 3 is 2.73 bits per heavy atom. The molecule has 0 aromatic heterocycles. The quantitative estimate of drug-likeness (QED) is 0.510. The smallest absolute Gasteiger partial charge is 0.255 e. The van der Waals surface area contributed by atoms with Crippen molar-refractivity contribution in [1.82, 2.24) is 4.90 Å². The third-order valence-corrected chi connectivity index (χ3v) is 7.09. The van der Waals surface area contributed by atoms with Crippen LogP contribution in [0.3, 0.4) is 0 Å². The second kappa shape index (κ2) is 9.65. The van der Waals surface area contributed by atoms with E-state index in [1.54, 1.807) is 0 Å². The van der Waals surface area contributed by atoms with Crippen LogP contribution >= 0.6 is 0 Å². The number of amides is 1. The Morgan fingerprint density at radius 1 is 1.23 bits per heavy atom. The number of hydrogen-bond acceptors (Lipinski definition) is 5. The maximum atomic E-state index is 13.6. The summed E-state index contributed by atoms with van der Waals surface area (Å²) in [5.41, 5.74) is 2.11. The van der Waals surface area contributed by atoms with Gasteiger partial charge in [-0.3, -0.25) is 4.79 Å². The minimum Gasteiger partial charge on any atom is -0.478 e. The van der Waals surface area contributed by atoms with Crippen molar-refractivity contribution < 1.29 is 19.4 Å². The molecule has 2 heterocycles. The summed E-state index contributed by atoms with van der Waals surface area (Å²) in [6.45, 7) is 6.33. The molecule has 4 aliphatic rings. The predicted molar refractivity (Wildman–Crippen MR) is 116 cm³/mol. The van der Waals surface area contributed by atoms with Crippen LogP contribution in [0.15, 0.2) is 28.8 Å². The summed E-state index contributed by atoms with van der Waals surface area (Å²) in [6.07, 6.45) is 12.1. The lowest BCUT2D eigenvalue weighted by Gasteiger charge is -2.28. The number of rotatable bonds is 7. The van der Waals surface area contributed by atoms with Crippen molar-refractivity contribution in [3.63, 3.8) is 0 Å². The van der Waals surface area contributed by atoms with Crippen molar-refractivity contribution in [3.05, 3.63) is 23.8 Å². The van der Waals surface area contributed by atoms with Crippen molar-refractivity contribution >= 4 is 11.8 Å². The van der Waals surface area contributed by atoms with E-state index in [1.807, 2.05) is 11.0 Å². The van der Waals surface area contributed by atoms with Gasteiger partial charge in [-0.1, -0.05) is 17.2 Å². The summed E-state index contributed by atoms with van der Waals surface area (Å²) in [4.78, 5) is 20.5. The zero-order valence-corrected chi connectivity index (χ0v) is 18.1. The van der Waals surface area contributed by atoms with Gasteiger partial charge in [-0.15, -0.1) is 6.58 Å². The van der Waals surface area contributed by atoms with Crippen molar-refractivity contribution in [2.45, 2.75) is 75.9 Å². The van der Waals surface area contributed by atoms with Crippen LogP contribution in [0.4, 0.5) is 0 Å².